The van der Waals surface area contributed by atoms with E-state index in [0.717, 1.165) is 26.2 Å². The Morgan fingerprint density at radius 2 is 1.47 bits per heavy atom. The van der Waals surface area contributed by atoms with Crippen LogP contribution in [-0.4, -0.2) is 48.4 Å². The van der Waals surface area contributed by atoms with Gasteiger partial charge in [-0.3, -0.25) is 4.79 Å². The average molecular weight is 493 g/mol. The minimum absolute atomic E-state index is 0.00659. The predicted octanol–water partition coefficient (Wildman–Crippen LogP) is 6.73. The molecule has 2 unspecified atom stereocenters. The van der Waals surface area contributed by atoms with Crippen LogP contribution in [0.5, 0.6) is 0 Å². The van der Waals surface area contributed by atoms with Gasteiger partial charge in [0, 0.05) is 30.6 Å². The Bertz CT molecular complexity index is 1110. The summed E-state index contributed by atoms with van der Waals surface area (Å²) in [7, 11) is 0. The molecule has 34 heavy (non-hydrogen) atoms. The molecule has 0 aliphatic carbocycles. The third-order valence-electron chi connectivity index (χ3n) is 7.47. The number of benzene rings is 3. The zero-order valence-electron chi connectivity index (χ0n) is 19.2. The van der Waals surface area contributed by atoms with Gasteiger partial charge in [-0.2, -0.15) is 0 Å². The quantitative estimate of drug-likeness (QED) is 0.394. The van der Waals surface area contributed by atoms with Gasteiger partial charge >= 0.3 is 0 Å². The Kier molecular flexibility index (Phi) is 7.24. The van der Waals surface area contributed by atoms with Crippen LogP contribution in [0.4, 0.5) is 0 Å². The summed E-state index contributed by atoms with van der Waals surface area (Å²) in [4.78, 5) is 18.0. The molecule has 3 aromatic carbocycles. The lowest BCUT2D eigenvalue weighted by atomic mass is 9.86. The Balaban J connectivity index is 1.29. The first kappa shape index (κ1) is 23.4. The van der Waals surface area contributed by atoms with E-state index in [1.54, 1.807) is 18.2 Å². The van der Waals surface area contributed by atoms with Crippen molar-refractivity contribution >= 4 is 29.1 Å². The minimum Gasteiger partial charge on any atom is -0.338 e. The second kappa shape index (κ2) is 10.5. The molecule has 0 radical (unpaired) electrons. The van der Waals surface area contributed by atoms with Crippen LogP contribution in [0.1, 0.15) is 46.2 Å². The molecule has 0 saturated carbocycles. The van der Waals surface area contributed by atoms with Crippen LogP contribution in [0.15, 0.2) is 78.9 Å². The van der Waals surface area contributed by atoms with E-state index in [2.05, 4.69) is 65.6 Å². The highest BCUT2D eigenvalue weighted by Crippen LogP contribution is 2.36. The van der Waals surface area contributed by atoms with Gasteiger partial charge in [0.15, 0.2) is 0 Å². The van der Waals surface area contributed by atoms with Crippen molar-refractivity contribution in [2.45, 2.75) is 24.7 Å². The number of piperidine rings is 1. The zero-order valence-corrected chi connectivity index (χ0v) is 20.8. The second-order valence-electron chi connectivity index (χ2n) is 9.60. The van der Waals surface area contributed by atoms with Crippen LogP contribution in [0, 0.1) is 5.92 Å². The van der Waals surface area contributed by atoms with E-state index in [0.29, 0.717) is 39.9 Å². The van der Waals surface area contributed by atoms with Crippen molar-refractivity contribution in [2.24, 2.45) is 5.92 Å². The molecule has 2 saturated heterocycles. The number of amides is 1. The third kappa shape index (κ3) is 5.17. The lowest BCUT2D eigenvalue weighted by Gasteiger charge is -2.34. The van der Waals surface area contributed by atoms with Crippen LogP contribution in [0.25, 0.3) is 0 Å². The van der Waals surface area contributed by atoms with E-state index in [1.165, 1.54) is 24.0 Å². The molecule has 5 rings (SSSR count). The lowest BCUT2D eigenvalue weighted by Crippen LogP contribution is -2.38. The van der Waals surface area contributed by atoms with E-state index in [9.17, 15) is 4.79 Å². The van der Waals surface area contributed by atoms with Gasteiger partial charge in [-0.05, 0) is 67.1 Å². The van der Waals surface area contributed by atoms with Gasteiger partial charge in [-0.25, -0.2) is 0 Å². The minimum atomic E-state index is -0.00659. The molecule has 176 valence electrons. The fraction of sp³-hybridized carbons (Fsp3) is 0.345. The number of carbonyl (C=O) groups excluding carboxylic acids is 1. The van der Waals surface area contributed by atoms with Crippen LogP contribution >= 0.6 is 23.2 Å². The van der Waals surface area contributed by atoms with Crippen LogP contribution in [0.3, 0.4) is 0 Å². The monoisotopic (exact) mass is 492 g/mol. The number of hydrogen-bond acceptors (Lipinski definition) is 2. The van der Waals surface area contributed by atoms with Crippen molar-refractivity contribution in [3.63, 3.8) is 0 Å². The van der Waals surface area contributed by atoms with Gasteiger partial charge in [0.1, 0.15) is 0 Å². The highest BCUT2D eigenvalue weighted by Gasteiger charge is 2.38. The Morgan fingerprint density at radius 3 is 2.12 bits per heavy atom. The molecule has 2 fully saturated rings. The summed E-state index contributed by atoms with van der Waals surface area (Å²) in [5, 5.41) is 0.960. The fourth-order valence-electron chi connectivity index (χ4n) is 5.64. The molecule has 0 aromatic heterocycles. The Hall–Kier alpha value is -2.33. The molecule has 3 aromatic rings. The maximum Gasteiger partial charge on any atom is 0.255 e. The van der Waals surface area contributed by atoms with Crippen LogP contribution in [-0.2, 0) is 0 Å². The first-order valence-corrected chi connectivity index (χ1v) is 12.9. The predicted molar refractivity (Wildman–Crippen MR) is 140 cm³/mol. The molecule has 0 bridgehead atoms. The topological polar surface area (TPSA) is 23.6 Å². The summed E-state index contributed by atoms with van der Waals surface area (Å²) < 4.78 is 0. The molecule has 0 N–H and O–H groups in total. The molecule has 5 heteroatoms. The van der Waals surface area contributed by atoms with Gasteiger partial charge in [0.05, 0.1) is 10.6 Å². The van der Waals surface area contributed by atoms with Crippen molar-refractivity contribution < 1.29 is 4.79 Å². The fourth-order valence-corrected chi connectivity index (χ4v) is 6.13. The molecule has 3 nitrogen and oxygen atoms in total. The smallest absolute Gasteiger partial charge is 0.255 e. The van der Waals surface area contributed by atoms with Gasteiger partial charge in [-0.15, -0.1) is 0 Å². The zero-order chi connectivity index (χ0) is 23.5. The molecular formula is C29H30Cl2N2O. The van der Waals surface area contributed by atoms with E-state index in [1.807, 2.05) is 4.90 Å². The summed E-state index contributed by atoms with van der Waals surface area (Å²) >= 11 is 12.4. The van der Waals surface area contributed by atoms with Crippen molar-refractivity contribution in [1.82, 2.24) is 9.80 Å². The molecule has 1 amide bonds. The van der Waals surface area contributed by atoms with Crippen LogP contribution in [0.2, 0.25) is 10.0 Å². The third-order valence-corrected chi connectivity index (χ3v) is 8.02. The molecule has 2 aliphatic rings. The molecule has 2 aliphatic heterocycles. The van der Waals surface area contributed by atoms with E-state index in [4.69, 9.17) is 23.2 Å². The summed E-state index contributed by atoms with van der Waals surface area (Å²) in [5.41, 5.74) is 3.30. The molecule has 2 heterocycles. The molecule has 2 atom stereocenters. The SMILES string of the molecule is O=C(c1ccc(Cl)cc1Cl)N1CC(CN2CCC(c3ccccc3)CC2)C(c2ccccc2)C1. The van der Waals surface area contributed by atoms with E-state index < -0.39 is 0 Å². The first-order valence-electron chi connectivity index (χ1n) is 12.1. The summed E-state index contributed by atoms with van der Waals surface area (Å²) in [6.07, 6.45) is 2.38. The first-order chi connectivity index (χ1) is 16.6. The number of halogens is 2. The normalized spacial score (nSPS) is 21.6. The number of carbonyl (C=O) groups is 1. The molecule has 0 spiro atoms. The van der Waals surface area contributed by atoms with Crippen molar-refractivity contribution in [3.8, 4) is 0 Å². The Morgan fingerprint density at radius 1 is 0.824 bits per heavy atom. The van der Waals surface area contributed by atoms with Crippen LogP contribution < -0.4 is 0 Å². The van der Waals surface area contributed by atoms with E-state index >= 15 is 0 Å². The standard InChI is InChI=1S/C29H30Cl2N2O/c30-25-11-12-26(28(31)17-25)29(34)33-19-24(27(20-33)23-9-5-2-6-10-23)18-32-15-13-22(14-16-32)21-7-3-1-4-8-21/h1-12,17,22,24,27H,13-16,18-20H2. The van der Waals surface area contributed by atoms with Gasteiger partial charge < -0.3 is 9.80 Å². The number of likely N-dealkylation sites (tertiary alicyclic amines) is 2. The van der Waals surface area contributed by atoms with Crippen molar-refractivity contribution in [1.29, 1.82) is 0 Å². The average Bonchev–Trinajstić information content (AvgIpc) is 3.29. The Labute approximate surface area is 212 Å². The molecular weight excluding hydrogens is 463 g/mol. The van der Waals surface area contributed by atoms with Gasteiger partial charge in [0.25, 0.3) is 5.91 Å². The van der Waals surface area contributed by atoms with Crippen molar-refractivity contribution in [2.75, 3.05) is 32.7 Å². The number of rotatable bonds is 5. The largest absolute Gasteiger partial charge is 0.338 e. The highest BCUT2D eigenvalue weighted by atomic mass is 35.5. The van der Waals surface area contributed by atoms with Gasteiger partial charge in [-0.1, -0.05) is 83.9 Å². The summed E-state index contributed by atoms with van der Waals surface area (Å²) in [5.74, 6) is 1.36. The van der Waals surface area contributed by atoms with E-state index in [-0.39, 0.29) is 5.91 Å². The van der Waals surface area contributed by atoms with Gasteiger partial charge in [0.2, 0.25) is 0 Å². The number of hydrogen-bond donors (Lipinski definition) is 0. The maximum atomic E-state index is 13.4. The maximum absolute atomic E-state index is 13.4. The number of nitrogens with zero attached hydrogens (tertiary/aromatic N) is 2. The summed E-state index contributed by atoms with van der Waals surface area (Å²) in [6, 6.07) is 26.7. The lowest BCUT2D eigenvalue weighted by molar-refractivity contribution is 0.0781. The summed E-state index contributed by atoms with van der Waals surface area (Å²) in [6.45, 7) is 4.69. The van der Waals surface area contributed by atoms with Crippen molar-refractivity contribution in [3.05, 3.63) is 106 Å². The second-order valence-corrected chi connectivity index (χ2v) is 10.4. The highest BCUT2D eigenvalue weighted by molar-refractivity contribution is 6.36.